The lowest BCUT2D eigenvalue weighted by Gasteiger charge is -2.12. The first-order chi connectivity index (χ1) is 12.5. The van der Waals surface area contributed by atoms with Crippen LogP contribution in [0.15, 0.2) is 52.9 Å². The zero-order valence-electron chi connectivity index (χ0n) is 15.5. The Morgan fingerprint density at radius 1 is 1.19 bits per heavy atom. The summed E-state index contributed by atoms with van der Waals surface area (Å²) < 4.78 is 7.58. The van der Waals surface area contributed by atoms with Gasteiger partial charge in [-0.2, -0.15) is 5.10 Å². The van der Waals surface area contributed by atoms with Crippen molar-refractivity contribution in [3.05, 3.63) is 77.0 Å². The zero-order valence-corrected chi connectivity index (χ0v) is 15.5. The Morgan fingerprint density at radius 3 is 2.65 bits per heavy atom. The van der Waals surface area contributed by atoms with Gasteiger partial charge in [-0.1, -0.05) is 30.3 Å². The molecule has 0 spiro atoms. The van der Waals surface area contributed by atoms with Crippen molar-refractivity contribution in [1.82, 2.24) is 15.1 Å². The van der Waals surface area contributed by atoms with Crippen molar-refractivity contribution in [2.75, 3.05) is 0 Å². The van der Waals surface area contributed by atoms with Crippen molar-refractivity contribution in [3.8, 4) is 0 Å². The molecule has 136 valence electrons. The fraction of sp³-hybridized carbons (Fsp3) is 0.333. The molecule has 0 radical (unpaired) electrons. The second-order valence-corrected chi connectivity index (χ2v) is 6.75. The molecule has 0 saturated carbocycles. The van der Waals surface area contributed by atoms with Crippen molar-refractivity contribution in [2.24, 2.45) is 0 Å². The molecule has 3 aromatic rings. The molecule has 1 aromatic carbocycles. The highest BCUT2D eigenvalue weighted by atomic mass is 16.4. The number of hydrogen-bond acceptors (Lipinski definition) is 3. The molecule has 5 nitrogen and oxygen atoms in total. The fourth-order valence-corrected chi connectivity index (χ4v) is 2.96. The van der Waals surface area contributed by atoms with E-state index in [1.165, 1.54) is 5.56 Å². The van der Waals surface area contributed by atoms with Crippen molar-refractivity contribution in [3.63, 3.8) is 0 Å². The Kier molecular flexibility index (Phi) is 5.56. The maximum Gasteiger partial charge on any atom is 0.287 e. The van der Waals surface area contributed by atoms with E-state index in [1.54, 1.807) is 6.07 Å². The lowest BCUT2D eigenvalue weighted by Crippen LogP contribution is -2.32. The summed E-state index contributed by atoms with van der Waals surface area (Å²) >= 11 is 0. The number of aromatic nitrogens is 2. The number of carbonyl (C=O) groups is 1. The van der Waals surface area contributed by atoms with Crippen molar-refractivity contribution < 1.29 is 9.21 Å². The molecule has 0 bridgehead atoms. The standard InChI is InChI=1S/C21H25N3O2/c1-15(9-10-18-7-5-4-6-8-18)22-21(25)20-12-11-19(26-20)14-24-17(3)13-16(2)23-24/h4-8,11-13,15H,9-10,14H2,1-3H3,(H,22,25)/t15-/m0/s1. The number of amides is 1. The van der Waals surface area contributed by atoms with E-state index in [2.05, 4.69) is 22.5 Å². The molecule has 0 aliphatic rings. The average Bonchev–Trinajstić information content (AvgIpc) is 3.21. The van der Waals surface area contributed by atoms with Crippen LogP contribution >= 0.6 is 0 Å². The topological polar surface area (TPSA) is 60.1 Å². The molecule has 0 saturated heterocycles. The summed E-state index contributed by atoms with van der Waals surface area (Å²) in [6.45, 7) is 6.50. The molecule has 0 unspecified atom stereocenters. The van der Waals surface area contributed by atoms with E-state index < -0.39 is 0 Å². The minimum absolute atomic E-state index is 0.0762. The van der Waals surface area contributed by atoms with E-state index in [9.17, 15) is 4.79 Å². The Bertz CT molecular complexity index is 865. The third kappa shape index (κ3) is 4.63. The van der Waals surface area contributed by atoms with E-state index >= 15 is 0 Å². The fourth-order valence-electron chi connectivity index (χ4n) is 2.96. The third-order valence-corrected chi connectivity index (χ3v) is 4.38. The van der Waals surface area contributed by atoms with E-state index in [4.69, 9.17) is 4.42 Å². The summed E-state index contributed by atoms with van der Waals surface area (Å²) in [7, 11) is 0. The van der Waals surface area contributed by atoms with Crippen LogP contribution in [0.4, 0.5) is 0 Å². The molecule has 1 N–H and O–H groups in total. The van der Waals surface area contributed by atoms with E-state index in [-0.39, 0.29) is 11.9 Å². The van der Waals surface area contributed by atoms with Gasteiger partial charge in [0.05, 0.1) is 12.2 Å². The predicted octanol–water partition coefficient (Wildman–Crippen LogP) is 3.89. The quantitative estimate of drug-likeness (QED) is 0.702. The third-order valence-electron chi connectivity index (χ3n) is 4.38. The van der Waals surface area contributed by atoms with Gasteiger partial charge in [0, 0.05) is 11.7 Å². The Balaban J connectivity index is 1.53. The summed E-state index contributed by atoms with van der Waals surface area (Å²) in [5, 5.41) is 7.42. The van der Waals surface area contributed by atoms with Gasteiger partial charge < -0.3 is 9.73 Å². The minimum Gasteiger partial charge on any atom is -0.454 e. The molecular weight excluding hydrogens is 326 g/mol. The van der Waals surface area contributed by atoms with Gasteiger partial charge >= 0.3 is 0 Å². The van der Waals surface area contributed by atoms with E-state index in [0.717, 1.165) is 30.0 Å². The smallest absolute Gasteiger partial charge is 0.287 e. The lowest BCUT2D eigenvalue weighted by atomic mass is 10.1. The van der Waals surface area contributed by atoms with Crippen LogP contribution in [-0.2, 0) is 13.0 Å². The molecule has 0 aliphatic carbocycles. The van der Waals surface area contributed by atoms with Crippen molar-refractivity contribution >= 4 is 5.91 Å². The van der Waals surface area contributed by atoms with E-state index in [1.807, 2.05) is 55.8 Å². The predicted molar refractivity (Wildman–Crippen MR) is 101 cm³/mol. The van der Waals surface area contributed by atoms with Crippen LogP contribution in [-0.4, -0.2) is 21.7 Å². The van der Waals surface area contributed by atoms with Gasteiger partial charge in [-0.15, -0.1) is 0 Å². The SMILES string of the molecule is Cc1cc(C)n(Cc2ccc(C(=O)N[C@@H](C)CCc3ccccc3)o2)n1. The van der Waals surface area contributed by atoms with Crippen LogP contribution in [0.5, 0.6) is 0 Å². The molecule has 1 amide bonds. The van der Waals surface area contributed by atoms with Crippen LogP contribution in [0.3, 0.4) is 0 Å². The summed E-state index contributed by atoms with van der Waals surface area (Å²) in [6.07, 6.45) is 1.82. The van der Waals surface area contributed by atoms with Gasteiger partial charge in [-0.05, 0) is 57.4 Å². The number of nitrogens with zero attached hydrogens (tertiary/aromatic N) is 2. The van der Waals surface area contributed by atoms with Crippen LogP contribution in [0.1, 0.15) is 46.6 Å². The first-order valence-corrected chi connectivity index (χ1v) is 8.96. The summed E-state index contributed by atoms with van der Waals surface area (Å²) in [6, 6.07) is 15.9. The summed E-state index contributed by atoms with van der Waals surface area (Å²) in [5.41, 5.74) is 3.32. The maximum absolute atomic E-state index is 12.4. The number of rotatable bonds is 7. The molecular formula is C21H25N3O2. The number of aryl methyl sites for hydroxylation is 3. The van der Waals surface area contributed by atoms with Crippen molar-refractivity contribution in [1.29, 1.82) is 0 Å². The molecule has 0 fully saturated rings. The second-order valence-electron chi connectivity index (χ2n) is 6.75. The van der Waals surface area contributed by atoms with Crippen LogP contribution < -0.4 is 5.32 Å². The molecule has 2 aromatic heterocycles. The molecule has 3 rings (SSSR count). The average molecular weight is 351 g/mol. The second kappa shape index (κ2) is 8.04. The number of furan rings is 1. The zero-order chi connectivity index (χ0) is 18.5. The van der Waals surface area contributed by atoms with Gasteiger partial charge in [0.15, 0.2) is 5.76 Å². The molecule has 0 aliphatic heterocycles. The summed E-state index contributed by atoms with van der Waals surface area (Å²) in [5.74, 6) is 0.886. The van der Waals surface area contributed by atoms with Crippen LogP contribution in [0, 0.1) is 13.8 Å². The largest absolute Gasteiger partial charge is 0.454 e. The number of nitrogens with one attached hydrogen (secondary N) is 1. The Labute approximate surface area is 154 Å². The van der Waals surface area contributed by atoms with Crippen molar-refractivity contribution in [2.45, 2.75) is 46.2 Å². The van der Waals surface area contributed by atoms with Gasteiger partial charge in [0.2, 0.25) is 0 Å². The first kappa shape index (κ1) is 18.0. The van der Waals surface area contributed by atoms with Gasteiger partial charge in [0.1, 0.15) is 5.76 Å². The molecule has 1 atom stereocenters. The Hall–Kier alpha value is -2.82. The van der Waals surface area contributed by atoms with Gasteiger partial charge in [-0.3, -0.25) is 9.48 Å². The number of hydrogen-bond donors (Lipinski definition) is 1. The summed E-state index contributed by atoms with van der Waals surface area (Å²) in [4.78, 5) is 12.4. The van der Waals surface area contributed by atoms with Crippen LogP contribution in [0.2, 0.25) is 0 Å². The number of carbonyl (C=O) groups excluding carboxylic acids is 1. The lowest BCUT2D eigenvalue weighted by molar-refractivity contribution is 0.0908. The normalized spacial score (nSPS) is 12.1. The number of benzene rings is 1. The maximum atomic E-state index is 12.4. The highest BCUT2D eigenvalue weighted by molar-refractivity contribution is 5.91. The molecule has 5 heteroatoms. The van der Waals surface area contributed by atoms with Gasteiger partial charge in [0.25, 0.3) is 5.91 Å². The van der Waals surface area contributed by atoms with Gasteiger partial charge in [-0.25, -0.2) is 0 Å². The molecule has 2 heterocycles. The first-order valence-electron chi connectivity index (χ1n) is 8.96. The highest BCUT2D eigenvalue weighted by Gasteiger charge is 2.15. The highest BCUT2D eigenvalue weighted by Crippen LogP contribution is 2.12. The minimum atomic E-state index is -0.176. The molecule has 26 heavy (non-hydrogen) atoms. The van der Waals surface area contributed by atoms with E-state index in [0.29, 0.717) is 12.3 Å². The monoisotopic (exact) mass is 351 g/mol. The Morgan fingerprint density at radius 2 is 1.96 bits per heavy atom. The van der Waals surface area contributed by atoms with Crippen LogP contribution in [0.25, 0.3) is 0 Å².